The predicted octanol–water partition coefficient (Wildman–Crippen LogP) is 3.34. The Hall–Kier alpha value is -1.86. The fourth-order valence-corrected chi connectivity index (χ4v) is 6.51. The summed E-state index contributed by atoms with van der Waals surface area (Å²) in [5.74, 6) is -0.130. The summed E-state index contributed by atoms with van der Waals surface area (Å²) in [5, 5.41) is 2.83. The average Bonchev–Trinajstić information content (AvgIpc) is 2.94. The molecule has 1 atom stereocenters. The van der Waals surface area contributed by atoms with E-state index in [1.165, 1.54) is 17.8 Å². The second-order valence-electron chi connectivity index (χ2n) is 6.41. The van der Waals surface area contributed by atoms with E-state index in [4.69, 9.17) is 0 Å². The molecule has 1 N–H and O–H groups in total. The van der Waals surface area contributed by atoms with Gasteiger partial charge in [-0.3, -0.25) is 4.79 Å². The molecule has 0 radical (unpaired) electrons. The Balaban J connectivity index is 1.68. The van der Waals surface area contributed by atoms with Gasteiger partial charge in [0, 0.05) is 16.7 Å². The van der Waals surface area contributed by atoms with E-state index in [1.54, 1.807) is 31.2 Å². The van der Waals surface area contributed by atoms with Crippen LogP contribution in [0.5, 0.6) is 0 Å². The minimum atomic E-state index is -2.95. The molecule has 0 spiro atoms. The second-order valence-corrected chi connectivity index (χ2v) is 9.98. The van der Waals surface area contributed by atoms with Gasteiger partial charge in [-0.25, -0.2) is 12.8 Å². The van der Waals surface area contributed by atoms with Crippen LogP contribution < -0.4 is 5.32 Å². The molecule has 2 aromatic carbocycles. The minimum Gasteiger partial charge on any atom is -0.348 e. The van der Waals surface area contributed by atoms with E-state index in [-0.39, 0.29) is 28.5 Å². The number of aryl methyl sites for hydroxylation is 1. The normalized spacial score (nSPS) is 18.6. The van der Waals surface area contributed by atoms with Crippen molar-refractivity contribution in [1.82, 2.24) is 5.32 Å². The molecule has 0 saturated carbocycles. The highest BCUT2D eigenvalue weighted by Gasteiger charge is 2.29. The molecule has 3 rings (SSSR count). The number of carbonyl (C=O) groups is 1. The molecule has 2 aromatic rings. The van der Waals surface area contributed by atoms with E-state index < -0.39 is 9.84 Å². The maximum atomic E-state index is 13.3. The molecule has 1 unspecified atom stereocenters. The van der Waals surface area contributed by atoms with Gasteiger partial charge < -0.3 is 5.32 Å². The molecule has 0 aromatic heterocycles. The third-order valence-electron chi connectivity index (χ3n) is 4.29. The lowest BCUT2D eigenvalue weighted by Gasteiger charge is -2.13. The van der Waals surface area contributed by atoms with Crippen LogP contribution in [0.1, 0.15) is 27.9 Å². The Kier molecular flexibility index (Phi) is 5.67. The summed E-state index contributed by atoms with van der Waals surface area (Å²) < 4.78 is 36.6. The number of halogens is 1. The molecule has 26 heavy (non-hydrogen) atoms. The monoisotopic (exact) mass is 393 g/mol. The fraction of sp³-hybridized carbons (Fsp3) is 0.316. The van der Waals surface area contributed by atoms with Crippen molar-refractivity contribution in [2.75, 3.05) is 11.5 Å². The molecule has 1 amide bonds. The zero-order valence-corrected chi connectivity index (χ0v) is 16.0. The molecule has 138 valence electrons. The molecular weight excluding hydrogens is 373 g/mol. The van der Waals surface area contributed by atoms with Crippen molar-refractivity contribution in [3.63, 3.8) is 0 Å². The van der Waals surface area contributed by atoms with Crippen LogP contribution in [0.4, 0.5) is 4.39 Å². The molecule has 1 heterocycles. The minimum absolute atomic E-state index is 0.0197. The van der Waals surface area contributed by atoms with Crippen LogP contribution in [0.2, 0.25) is 0 Å². The van der Waals surface area contributed by atoms with Gasteiger partial charge in [-0.15, -0.1) is 11.8 Å². The van der Waals surface area contributed by atoms with Crippen molar-refractivity contribution in [1.29, 1.82) is 0 Å². The molecule has 7 heteroatoms. The molecule has 1 aliphatic rings. The number of hydrogen-bond acceptors (Lipinski definition) is 4. The Morgan fingerprint density at radius 2 is 2.04 bits per heavy atom. The topological polar surface area (TPSA) is 63.2 Å². The van der Waals surface area contributed by atoms with E-state index in [0.717, 1.165) is 10.5 Å². The second kappa shape index (κ2) is 7.80. The highest BCUT2D eigenvalue weighted by Crippen LogP contribution is 2.33. The zero-order chi connectivity index (χ0) is 18.7. The number of rotatable bonds is 5. The van der Waals surface area contributed by atoms with E-state index >= 15 is 0 Å². The van der Waals surface area contributed by atoms with E-state index in [0.29, 0.717) is 24.1 Å². The van der Waals surface area contributed by atoms with Crippen molar-refractivity contribution in [2.45, 2.75) is 30.0 Å². The summed E-state index contributed by atoms with van der Waals surface area (Å²) in [5.41, 5.74) is 1.89. The first-order chi connectivity index (χ1) is 12.3. The standard InChI is InChI=1S/C19H20FNO3S2/c1-13-10-14(6-7-17(13)20)11-21-19(22)16-4-2-3-5-18(16)25-15-8-9-26(23,24)12-15/h2-7,10,15H,8-9,11-12H2,1H3,(H,21,22). The van der Waals surface area contributed by atoms with Gasteiger partial charge in [-0.05, 0) is 42.7 Å². The van der Waals surface area contributed by atoms with Gasteiger partial charge in [0.25, 0.3) is 5.91 Å². The Morgan fingerprint density at radius 1 is 1.27 bits per heavy atom. The maximum Gasteiger partial charge on any atom is 0.252 e. The Morgan fingerprint density at radius 3 is 2.73 bits per heavy atom. The van der Waals surface area contributed by atoms with Crippen molar-refractivity contribution in [2.24, 2.45) is 0 Å². The molecule has 4 nitrogen and oxygen atoms in total. The summed E-state index contributed by atoms with van der Waals surface area (Å²) in [7, 11) is -2.95. The van der Waals surface area contributed by atoms with E-state index in [2.05, 4.69) is 5.32 Å². The van der Waals surface area contributed by atoms with Crippen LogP contribution in [-0.4, -0.2) is 31.1 Å². The van der Waals surface area contributed by atoms with Gasteiger partial charge in [-0.2, -0.15) is 0 Å². The smallest absolute Gasteiger partial charge is 0.252 e. The molecule has 1 aliphatic heterocycles. The summed E-state index contributed by atoms with van der Waals surface area (Å²) in [6.07, 6.45) is 0.609. The summed E-state index contributed by atoms with van der Waals surface area (Å²) in [6, 6.07) is 11.9. The predicted molar refractivity (Wildman–Crippen MR) is 102 cm³/mol. The molecular formula is C19H20FNO3S2. The molecule has 1 fully saturated rings. The van der Waals surface area contributed by atoms with Crippen LogP contribution in [0.3, 0.4) is 0 Å². The van der Waals surface area contributed by atoms with E-state index in [1.807, 2.05) is 12.1 Å². The first-order valence-electron chi connectivity index (χ1n) is 8.33. The quantitative estimate of drug-likeness (QED) is 0.846. The molecule has 0 aliphatic carbocycles. The highest BCUT2D eigenvalue weighted by molar-refractivity contribution is 8.02. The Labute approximate surface area is 157 Å². The SMILES string of the molecule is Cc1cc(CNC(=O)c2ccccc2SC2CCS(=O)(=O)C2)ccc1F. The van der Waals surface area contributed by atoms with Gasteiger partial charge in [-0.1, -0.05) is 24.3 Å². The first-order valence-corrected chi connectivity index (χ1v) is 11.0. The third-order valence-corrected chi connectivity index (χ3v) is 7.62. The third kappa shape index (κ3) is 4.65. The number of thioether (sulfide) groups is 1. The lowest BCUT2D eigenvalue weighted by Crippen LogP contribution is -2.23. The lowest BCUT2D eigenvalue weighted by molar-refractivity contribution is 0.0948. The van der Waals surface area contributed by atoms with Crippen LogP contribution >= 0.6 is 11.8 Å². The summed E-state index contributed by atoms with van der Waals surface area (Å²) in [6.45, 7) is 1.99. The molecule has 0 bridgehead atoms. The van der Waals surface area contributed by atoms with Gasteiger partial charge in [0.1, 0.15) is 5.82 Å². The summed E-state index contributed by atoms with van der Waals surface area (Å²) in [4.78, 5) is 13.4. The van der Waals surface area contributed by atoms with Gasteiger partial charge >= 0.3 is 0 Å². The van der Waals surface area contributed by atoms with Crippen LogP contribution in [0.15, 0.2) is 47.4 Å². The number of sulfone groups is 1. The fourth-order valence-electron chi connectivity index (χ4n) is 2.88. The lowest BCUT2D eigenvalue weighted by atomic mass is 10.1. The highest BCUT2D eigenvalue weighted by atomic mass is 32.2. The van der Waals surface area contributed by atoms with E-state index in [9.17, 15) is 17.6 Å². The van der Waals surface area contributed by atoms with Crippen molar-refractivity contribution in [3.05, 3.63) is 65.0 Å². The van der Waals surface area contributed by atoms with Crippen LogP contribution in [0, 0.1) is 12.7 Å². The van der Waals surface area contributed by atoms with Gasteiger partial charge in [0.2, 0.25) is 0 Å². The zero-order valence-electron chi connectivity index (χ0n) is 14.4. The van der Waals surface area contributed by atoms with Crippen molar-refractivity contribution < 1.29 is 17.6 Å². The average molecular weight is 394 g/mol. The van der Waals surface area contributed by atoms with Crippen LogP contribution in [-0.2, 0) is 16.4 Å². The number of hydrogen-bond donors (Lipinski definition) is 1. The Bertz CT molecular complexity index is 928. The van der Waals surface area contributed by atoms with Crippen molar-refractivity contribution in [3.8, 4) is 0 Å². The summed E-state index contributed by atoms with van der Waals surface area (Å²) >= 11 is 1.44. The largest absolute Gasteiger partial charge is 0.348 e. The number of benzene rings is 2. The maximum absolute atomic E-state index is 13.3. The van der Waals surface area contributed by atoms with Crippen molar-refractivity contribution >= 4 is 27.5 Å². The van der Waals surface area contributed by atoms with Gasteiger partial charge in [0.05, 0.1) is 17.1 Å². The van der Waals surface area contributed by atoms with Gasteiger partial charge in [0.15, 0.2) is 9.84 Å². The number of carbonyl (C=O) groups excluding carboxylic acids is 1. The first kappa shape index (κ1) is 18.9. The number of amides is 1. The molecule has 1 saturated heterocycles. The number of nitrogens with one attached hydrogen (secondary N) is 1. The van der Waals surface area contributed by atoms with Crippen LogP contribution in [0.25, 0.3) is 0 Å².